The molecule has 0 spiro atoms. The summed E-state index contributed by atoms with van der Waals surface area (Å²) in [6, 6.07) is 0. The van der Waals surface area contributed by atoms with Crippen LogP contribution < -0.4 is 5.32 Å². The Bertz CT molecular complexity index is 583. The van der Waals surface area contributed by atoms with Crippen molar-refractivity contribution >= 4 is 18.3 Å². The fraction of sp³-hybridized carbons (Fsp3) is 0.769. The van der Waals surface area contributed by atoms with Gasteiger partial charge in [-0.3, -0.25) is 4.79 Å². The van der Waals surface area contributed by atoms with Gasteiger partial charge in [0, 0.05) is 19.6 Å². The highest BCUT2D eigenvalue weighted by Crippen LogP contribution is 2.32. The molecule has 1 fully saturated rings. The zero-order chi connectivity index (χ0) is 16.0. The van der Waals surface area contributed by atoms with Crippen molar-refractivity contribution in [2.75, 3.05) is 19.6 Å². The van der Waals surface area contributed by atoms with Crippen LogP contribution in [0.4, 0.5) is 13.2 Å². The second-order valence-electron chi connectivity index (χ2n) is 6.16. The van der Waals surface area contributed by atoms with Gasteiger partial charge in [-0.1, -0.05) is 0 Å². The van der Waals surface area contributed by atoms with Gasteiger partial charge in [-0.15, -0.1) is 22.6 Å². The van der Waals surface area contributed by atoms with Gasteiger partial charge in [0.25, 0.3) is 0 Å². The third kappa shape index (κ3) is 3.30. The molecule has 0 radical (unpaired) electrons. The lowest BCUT2D eigenvalue weighted by Gasteiger charge is -2.38. The first kappa shape index (κ1) is 18.0. The summed E-state index contributed by atoms with van der Waals surface area (Å²) < 4.78 is 39.5. The molecular weight excluding hydrogens is 335 g/mol. The van der Waals surface area contributed by atoms with Crippen molar-refractivity contribution in [2.45, 2.75) is 39.0 Å². The molecule has 1 aromatic heterocycles. The Morgan fingerprint density at radius 3 is 2.65 bits per heavy atom. The highest BCUT2D eigenvalue weighted by molar-refractivity contribution is 5.85. The summed E-state index contributed by atoms with van der Waals surface area (Å²) in [4.78, 5) is 14.3. The van der Waals surface area contributed by atoms with Gasteiger partial charge in [0.2, 0.25) is 11.7 Å². The van der Waals surface area contributed by atoms with E-state index in [9.17, 15) is 18.0 Å². The Labute approximate surface area is 137 Å². The highest BCUT2D eigenvalue weighted by Gasteiger charge is 2.42. The molecule has 1 aromatic rings. The minimum atomic E-state index is -4.52. The number of nitrogens with one attached hydrogen (secondary N) is 1. The monoisotopic (exact) mass is 353 g/mol. The molecule has 1 N–H and O–H groups in total. The summed E-state index contributed by atoms with van der Waals surface area (Å²) in [7, 11) is 0. The summed E-state index contributed by atoms with van der Waals surface area (Å²) in [5.41, 5.74) is -0.493. The Balaban J connectivity index is 0.00000192. The van der Waals surface area contributed by atoms with Crippen molar-refractivity contribution in [3.05, 3.63) is 11.6 Å². The molecule has 0 aliphatic carbocycles. The van der Waals surface area contributed by atoms with Crippen LogP contribution >= 0.6 is 12.4 Å². The number of nitrogens with zero attached hydrogens (tertiary/aromatic N) is 4. The van der Waals surface area contributed by atoms with Crippen LogP contribution in [0.5, 0.6) is 0 Å². The first-order valence-corrected chi connectivity index (χ1v) is 7.31. The lowest BCUT2D eigenvalue weighted by molar-refractivity contribution is -0.149. The zero-order valence-corrected chi connectivity index (χ0v) is 13.5. The first-order chi connectivity index (χ1) is 10.3. The fourth-order valence-electron chi connectivity index (χ4n) is 3.16. The van der Waals surface area contributed by atoms with Crippen LogP contribution in [-0.4, -0.2) is 45.2 Å². The topological polar surface area (TPSA) is 63.1 Å². The average molecular weight is 354 g/mol. The summed E-state index contributed by atoms with van der Waals surface area (Å²) in [6.45, 7) is 3.81. The van der Waals surface area contributed by atoms with E-state index in [1.807, 2.05) is 6.92 Å². The Morgan fingerprint density at radius 2 is 2.04 bits per heavy atom. The predicted octanol–water partition coefficient (Wildman–Crippen LogP) is 1.45. The Hall–Kier alpha value is -1.35. The summed E-state index contributed by atoms with van der Waals surface area (Å²) in [5, 5.41) is 10.0. The maximum atomic E-state index is 12.8. The number of aromatic nitrogens is 3. The van der Waals surface area contributed by atoms with Crippen LogP contribution in [0.15, 0.2) is 0 Å². The number of hydrogen-bond donors (Lipinski definition) is 1. The normalized spacial score (nSPS) is 24.8. The van der Waals surface area contributed by atoms with Crippen molar-refractivity contribution in [1.29, 1.82) is 0 Å². The number of alkyl halides is 3. The van der Waals surface area contributed by atoms with Gasteiger partial charge >= 0.3 is 6.18 Å². The van der Waals surface area contributed by atoms with Crippen molar-refractivity contribution in [1.82, 2.24) is 25.0 Å². The quantitative estimate of drug-likeness (QED) is 0.830. The standard InChI is InChI=1S/C13H18F3N5O.ClH/c1-12(3-2-4-17-8-12)11(22)20-5-6-21-9(7-20)18-19-10(21)13(14,15)16;/h17H,2-8H2,1H3;1H. The van der Waals surface area contributed by atoms with Crippen LogP contribution in [0.25, 0.3) is 0 Å². The maximum Gasteiger partial charge on any atom is 0.451 e. The minimum absolute atomic E-state index is 0. The minimum Gasteiger partial charge on any atom is -0.333 e. The van der Waals surface area contributed by atoms with Crippen LogP contribution in [-0.2, 0) is 24.1 Å². The number of fused-ring (bicyclic) bond motifs is 1. The molecule has 0 bridgehead atoms. The molecule has 23 heavy (non-hydrogen) atoms. The van der Waals surface area contributed by atoms with E-state index in [1.54, 1.807) is 4.90 Å². The molecule has 1 atom stereocenters. The maximum absolute atomic E-state index is 12.8. The van der Waals surface area contributed by atoms with Crippen LogP contribution in [0.3, 0.4) is 0 Å². The summed E-state index contributed by atoms with van der Waals surface area (Å²) >= 11 is 0. The van der Waals surface area contributed by atoms with Crippen molar-refractivity contribution in [3.63, 3.8) is 0 Å². The van der Waals surface area contributed by atoms with Gasteiger partial charge in [0.15, 0.2) is 5.82 Å². The van der Waals surface area contributed by atoms with Crippen molar-refractivity contribution in [2.24, 2.45) is 5.41 Å². The highest BCUT2D eigenvalue weighted by atomic mass is 35.5. The van der Waals surface area contributed by atoms with Crippen molar-refractivity contribution < 1.29 is 18.0 Å². The second-order valence-corrected chi connectivity index (χ2v) is 6.16. The van der Waals surface area contributed by atoms with Gasteiger partial charge in [0.05, 0.1) is 12.0 Å². The number of halogens is 4. The molecular formula is C13H19ClF3N5O. The summed E-state index contributed by atoms with van der Waals surface area (Å²) in [5.74, 6) is -0.818. The molecule has 3 rings (SSSR count). The van der Waals surface area contributed by atoms with Gasteiger partial charge in [-0.2, -0.15) is 13.2 Å². The van der Waals surface area contributed by atoms with E-state index in [1.165, 1.54) is 0 Å². The second kappa shape index (κ2) is 6.27. The van der Waals surface area contributed by atoms with Gasteiger partial charge in [-0.25, -0.2) is 0 Å². The van der Waals surface area contributed by atoms with E-state index in [0.717, 1.165) is 24.0 Å². The van der Waals surface area contributed by atoms with Crippen molar-refractivity contribution in [3.8, 4) is 0 Å². The van der Waals surface area contributed by atoms with E-state index in [0.29, 0.717) is 6.54 Å². The Morgan fingerprint density at radius 1 is 1.30 bits per heavy atom. The van der Waals surface area contributed by atoms with E-state index in [2.05, 4.69) is 15.5 Å². The molecule has 0 saturated carbocycles. The molecule has 1 amide bonds. The van der Waals surface area contributed by atoms with Crippen LogP contribution in [0.1, 0.15) is 31.4 Å². The van der Waals surface area contributed by atoms with E-state index < -0.39 is 17.4 Å². The number of hydrogen-bond acceptors (Lipinski definition) is 4. The number of amides is 1. The molecule has 2 aliphatic heterocycles. The molecule has 1 unspecified atom stereocenters. The van der Waals surface area contributed by atoms with E-state index in [4.69, 9.17) is 0 Å². The molecule has 2 aliphatic rings. The largest absolute Gasteiger partial charge is 0.451 e. The number of carbonyl (C=O) groups is 1. The lowest BCUT2D eigenvalue weighted by atomic mass is 9.81. The number of rotatable bonds is 1. The van der Waals surface area contributed by atoms with Gasteiger partial charge in [0.1, 0.15) is 0 Å². The Kier molecular flexibility index (Phi) is 4.91. The molecule has 10 heteroatoms. The molecule has 1 saturated heterocycles. The van der Waals surface area contributed by atoms with Crippen LogP contribution in [0.2, 0.25) is 0 Å². The molecule has 3 heterocycles. The van der Waals surface area contributed by atoms with E-state index >= 15 is 0 Å². The molecule has 0 aromatic carbocycles. The zero-order valence-electron chi connectivity index (χ0n) is 12.7. The lowest BCUT2D eigenvalue weighted by Crippen LogP contribution is -2.52. The number of piperidine rings is 1. The van der Waals surface area contributed by atoms with E-state index in [-0.39, 0.29) is 43.8 Å². The van der Waals surface area contributed by atoms with Gasteiger partial charge in [-0.05, 0) is 26.3 Å². The third-order valence-electron chi connectivity index (χ3n) is 4.41. The van der Waals surface area contributed by atoms with Gasteiger partial charge < -0.3 is 14.8 Å². The summed E-state index contributed by atoms with van der Waals surface area (Å²) in [6.07, 6.45) is -2.81. The molecule has 6 nitrogen and oxygen atoms in total. The first-order valence-electron chi connectivity index (χ1n) is 7.31. The SMILES string of the molecule is CC1(C(=O)N2CCn3c(nnc3C(F)(F)F)C2)CCCNC1.Cl. The molecule has 130 valence electrons. The number of carbonyl (C=O) groups excluding carboxylic acids is 1. The third-order valence-corrected chi connectivity index (χ3v) is 4.41. The van der Waals surface area contributed by atoms with Crippen LogP contribution in [0, 0.1) is 5.41 Å². The smallest absolute Gasteiger partial charge is 0.333 e. The predicted molar refractivity (Wildman–Crippen MR) is 77.9 cm³/mol. The average Bonchev–Trinajstić information content (AvgIpc) is 2.90. The fourth-order valence-corrected chi connectivity index (χ4v) is 3.16.